The molecule has 7 rings (SSSR count). The number of ketones is 2. The summed E-state index contributed by atoms with van der Waals surface area (Å²) in [5, 5.41) is 0. The summed E-state index contributed by atoms with van der Waals surface area (Å²) in [6.07, 6.45) is -0.949. The zero-order chi connectivity index (χ0) is 26.9. The van der Waals surface area contributed by atoms with Gasteiger partial charge in [0.1, 0.15) is 0 Å². The van der Waals surface area contributed by atoms with E-state index in [1.165, 1.54) is 0 Å². The minimum atomic E-state index is -2.09. The van der Waals surface area contributed by atoms with Crippen LogP contribution in [0.25, 0.3) is 11.1 Å². The van der Waals surface area contributed by atoms with Crippen LogP contribution in [0.3, 0.4) is 0 Å². The fourth-order valence-electron chi connectivity index (χ4n) is 6.16. The summed E-state index contributed by atoms with van der Waals surface area (Å²) in [5.74, 6) is -4.54. The van der Waals surface area contributed by atoms with Crippen molar-refractivity contribution in [3.05, 3.63) is 124 Å². The lowest BCUT2D eigenvalue weighted by molar-refractivity contribution is -0.127. The Kier molecular flexibility index (Phi) is 5.30. The van der Waals surface area contributed by atoms with Gasteiger partial charge < -0.3 is 4.74 Å². The minimum absolute atomic E-state index is 0.212. The van der Waals surface area contributed by atoms with Crippen molar-refractivity contribution in [3.8, 4) is 11.1 Å². The quantitative estimate of drug-likeness (QED) is 0.227. The number of hydrogen-bond acceptors (Lipinski definition) is 5. The molecule has 3 aliphatic rings. The number of ether oxygens (including phenoxy) is 1. The summed E-state index contributed by atoms with van der Waals surface area (Å²) in [4.78, 5) is 57.0. The molecule has 0 N–H and O–H groups in total. The Hall–Kier alpha value is -4.20. The van der Waals surface area contributed by atoms with Crippen molar-refractivity contribution in [2.45, 2.75) is 11.7 Å². The van der Waals surface area contributed by atoms with Crippen LogP contribution in [0.15, 0.2) is 108 Å². The van der Waals surface area contributed by atoms with E-state index in [2.05, 4.69) is 15.9 Å². The Labute approximate surface area is 232 Å². The first-order valence-corrected chi connectivity index (χ1v) is 13.4. The van der Waals surface area contributed by atoms with Gasteiger partial charge in [-0.3, -0.25) is 19.2 Å². The van der Waals surface area contributed by atoms with E-state index in [1.807, 2.05) is 42.5 Å². The van der Waals surface area contributed by atoms with Gasteiger partial charge in [0.05, 0.1) is 23.6 Å². The van der Waals surface area contributed by atoms with Crippen molar-refractivity contribution in [1.29, 1.82) is 0 Å². The summed E-state index contributed by atoms with van der Waals surface area (Å²) in [5.41, 5.74) is 1.28. The monoisotopic (exact) mass is 577 g/mol. The van der Waals surface area contributed by atoms with Crippen LogP contribution < -0.4 is 4.90 Å². The molecule has 6 nitrogen and oxygen atoms in total. The van der Waals surface area contributed by atoms with Gasteiger partial charge in [-0.1, -0.05) is 94.8 Å². The van der Waals surface area contributed by atoms with E-state index in [4.69, 9.17) is 4.74 Å². The highest BCUT2D eigenvalue weighted by Gasteiger charge is 2.74. The predicted octanol–water partition coefficient (Wildman–Crippen LogP) is 5.81. The second-order valence-electron chi connectivity index (χ2n) is 9.96. The molecule has 4 aromatic rings. The maximum atomic E-state index is 14.1. The number of halogens is 1. The fraction of sp³-hybridized carbons (Fsp3) is 0.125. The van der Waals surface area contributed by atoms with Crippen LogP contribution in [-0.4, -0.2) is 29.0 Å². The first kappa shape index (κ1) is 23.9. The number of nitrogens with zero attached hydrogens (tertiary/aromatic N) is 1. The second kappa shape index (κ2) is 8.66. The average Bonchev–Trinajstić information content (AvgIpc) is 3.54. The molecule has 0 radical (unpaired) electrons. The highest BCUT2D eigenvalue weighted by molar-refractivity contribution is 9.10. The lowest BCUT2D eigenvalue weighted by atomic mass is 9.77. The molecule has 39 heavy (non-hydrogen) atoms. The minimum Gasteiger partial charge on any atom is -0.349 e. The Morgan fingerprint density at radius 2 is 1.21 bits per heavy atom. The van der Waals surface area contributed by atoms with Crippen molar-refractivity contribution in [3.63, 3.8) is 0 Å². The molecule has 1 spiro atoms. The van der Waals surface area contributed by atoms with Gasteiger partial charge in [0.2, 0.25) is 29.0 Å². The van der Waals surface area contributed by atoms with Gasteiger partial charge in [0, 0.05) is 15.6 Å². The molecule has 0 aromatic heterocycles. The number of carbonyl (C=O) groups is 4. The number of Topliss-reactive ketones (excluding diaryl/α,β-unsaturated/α-hetero) is 2. The van der Waals surface area contributed by atoms with Crippen LogP contribution in [-0.2, 0) is 14.3 Å². The molecular formula is C32H20BrNO5. The number of rotatable bonds is 3. The molecule has 0 unspecified atom stereocenters. The highest BCUT2D eigenvalue weighted by Crippen LogP contribution is 2.57. The van der Waals surface area contributed by atoms with Crippen LogP contribution in [0.5, 0.6) is 0 Å². The molecule has 2 heterocycles. The standard InChI is InChI=1S/C32H20BrNO5/c33-21-14-10-20(11-15-21)27-25-26(32(39-27)28(35)23-8-4-5-9-24(23)29(32)36)31(38)34(30(25)37)22-16-12-19(13-17-22)18-6-2-1-3-7-18/h1-17,25-27H/t25-,26-,27+/m1/s1. The van der Waals surface area contributed by atoms with Gasteiger partial charge >= 0.3 is 0 Å². The van der Waals surface area contributed by atoms with Gasteiger partial charge in [0.25, 0.3) is 0 Å². The van der Waals surface area contributed by atoms with Crippen LogP contribution >= 0.6 is 15.9 Å². The summed E-state index contributed by atoms with van der Waals surface area (Å²) < 4.78 is 7.15. The number of fused-ring (bicyclic) bond motifs is 3. The van der Waals surface area contributed by atoms with E-state index in [1.54, 1.807) is 60.7 Å². The SMILES string of the molecule is O=C1[C@H]2[C@H](c3ccc(Br)cc3)OC3(C(=O)c4ccccc4C3=O)[C@H]2C(=O)N1c1ccc(-c2ccccc2)cc1. The van der Waals surface area contributed by atoms with Crippen LogP contribution in [0, 0.1) is 11.8 Å². The topological polar surface area (TPSA) is 80.8 Å². The third kappa shape index (κ3) is 3.30. The number of imide groups is 1. The molecular weight excluding hydrogens is 558 g/mol. The van der Waals surface area contributed by atoms with Gasteiger partial charge in [-0.25, -0.2) is 4.90 Å². The normalized spacial score (nSPS) is 23.0. The summed E-state index contributed by atoms with van der Waals surface area (Å²) in [7, 11) is 0. The molecule has 190 valence electrons. The second-order valence-corrected chi connectivity index (χ2v) is 10.9. The van der Waals surface area contributed by atoms with E-state index < -0.39 is 46.9 Å². The summed E-state index contributed by atoms with van der Waals surface area (Å²) >= 11 is 3.41. The molecule has 2 saturated heterocycles. The highest BCUT2D eigenvalue weighted by atomic mass is 79.9. The zero-order valence-electron chi connectivity index (χ0n) is 20.4. The van der Waals surface area contributed by atoms with E-state index in [9.17, 15) is 19.2 Å². The predicted molar refractivity (Wildman–Crippen MR) is 147 cm³/mol. The van der Waals surface area contributed by atoms with E-state index in [-0.39, 0.29) is 11.1 Å². The maximum absolute atomic E-state index is 14.1. The number of carbonyl (C=O) groups excluding carboxylic acids is 4. The smallest absolute Gasteiger partial charge is 0.241 e. The van der Waals surface area contributed by atoms with Gasteiger partial charge in [-0.15, -0.1) is 0 Å². The first-order valence-electron chi connectivity index (χ1n) is 12.6. The average molecular weight is 578 g/mol. The lowest BCUT2D eigenvalue weighted by Gasteiger charge is -2.27. The molecule has 4 aromatic carbocycles. The molecule has 0 bridgehead atoms. The van der Waals surface area contributed by atoms with Crippen molar-refractivity contribution < 1.29 is 23.9 Å². The summed E-state index contributed by atoms with van der Waals surface area (Å²) in [6.45, 7) is 0. The molecule has 2 fully saturated rings. The zero-order valence-corrected chi connectivity index (χ0v) is 22.0. The Balaban J connectivity index is 1.34. The molecule has 2 aliphatic heterocycles. The molecule has 7 heteroatoms. The number of hydrogen-bond donors (Lipinski definition) is 0. The van der Waals surface area contributed by atoms with Gasteiger partial charge in [-0.05, 0) is 41.0 Å². The third-order valence-corrected chi connectivity index (χ3v) is 8.48. The van der Waals surface area contributed by atoms with Crippen molar-refractivity contribution in [2.24, 2.45) is 11.8 Å². The van der Waals surface area contributed by atoms with Gasteiger partial charge in [-0.2, -0.15) is 0 Å². The van der Waals surface area contributed by atoms with Crippen LogP contribution in [0.4, 0.5) is 5.69 Å². The van der Waals surface area contributed by atoms with E-state index >= 15 is 0 Å². The Morgan fingerprint density at radius 1 is 0.641 bits per heavy atom. The van der Waals surface area contributed by atoms with E-state index in [0.29, 0.717) is 11.3 Å². The summed E-state index contributed by atoms with van der Waals surface area (Å²) in [6, 6.07) is 30.5. The largest absolute Gasteiger partial charge is 0.349 e. The Bertz CT molecular complexity index is 1650. The number of benzene rings is 4. The first-order chi connectivity index (χ1) is 18.9. The maximum Gasteiger partial charge on any atom is 0.241 e. The molecule has 1 aliphatic carbocycles. The molecule has 3 atom stereocenters. The molecule has 0 saturated carbocycles. The number of amides is 2. The van der Waals surface area contributed by atoms with Crippen LogP contribution in [0.1, 0.15) is 32.4 Å². The van der Waals surface area contributed by atoms with Crippen molar-refractivity contribution in [2.75, 3.05) is 4.90 Å². The third-order valence-electron chi connectivity index (χ3n) is 7.95. The van der Waals surface area contributed by atoms with Gasteiger partial charge in [0.15, 0.2) is 0 Å². The Morgan fingerprint density at radius 3 is 1.82 bits per heavy atom. The fourth-order valence-corrected chi connectivity index (χ4v) is 6.42. The number of anilines is 1. The molecule has 2 amide bonds. The van der Waals surface area contributed by atoms with Crippen molar-refractivity contribution >= 4 is 45.0 Å². The van der Waals surface area contributed by atoms with Crippen molar-refractivity contribution in [1.82, 2.24) is 0 Å². The van der Waals surface area contributed by atoms with E-state index in [0.717, 1.165) is 20.5 Å². The van der Waals surface area contributed by atoms with Crippen LogP contribution in [0.2, 0.25) is 0 Å². The lowest BCUT2D eigenvalue weighted by Crippen LogP contribution is -2.51.